The topological polar surface area (TPSA) is 0 Å². The Balaban J connectivity index is 2.30. The van der Waals surface area contributed by atoms with Gasteiger partial charge in [0.15, 0.2) is 0 Å². The molecule has 1 aliphatic carbocycles. The predicted octanol–water partition coefficient (Wildman–Crippen LogP) is 4.79. The third kappa shape index (κ3) is 2.27. The van der Waals surface area contributed by atoms with Gasteiger partial charge in [0.25, 0.3) is 0 Å². The lowest BCUT2D eigenvalue weighted by Gasteiger charge is -2.26. The monoisotopic (exact) mass is 212 g/mol. The third-order valence-corrected chi connectivity index (χ3v) is 3.39. The molecule has 2 rings (SSSR count). The smallest absolute Gasteiger partial charge is 0.00610 e. The molecule has 0 radical (unpaired) electrons. The molecule has 2 atom stereocenters. The number of rotatable bonds is 2. The predicted molar refractivity (Wildman–Crippen MR) is 71.4 cm³/mol. The molecule has 2 unspecified atom stereocenters. The van der Waals surface area contributed by atoms with Crippen molar-refractivity contribution in [2.24, 2.45) is 5.92 Å². The second-order valence-electron chi connectivity index (χ2n) is 4.97. The van der Waals surface area contributed by atoms with Crippen LogP contribution >= 0.6 is 0 Å². The van der Waals surface area contributed by atoms with E-state index in [0.29, 0.717) is 11.8 Å². The highest BCUT2D eigenvalue weighted by Crippen LogP contribution is 2.36. The average molecular weight is 212 g/mol. The summed E-state index contributed by atoms with van der Waals surface area (Å²) in [6.45, 7) is 6.67. The number of benzene rings is 1. The van der Waals surface area contributed by atoms with E-state index in [2.05, 4.69) is 63.3 Å². The molecule has 0 N–H and O–H groups in total. The van der Waals surface area contributed by atoms with E-state index in [0.717, 1.165) is 6.42 Å². The zero-order valence-corrected chi connectivity index (χ0v) is 10.4. The van der Waals surface area contributed by atoms with Crippen LogP contribution in [0.25, 0.3) is 6.08 Å². The van der Waals surface area contributed by atoms with Crippen molar-refractivity contribution >= 4 is 6.08 Å². The van der Waals surface area contributed by atoms with Gasteiger partial charge >= 0.3 is 0 Å². The Bertz CT molecular complexity index is 419. The first kappa shape index (κ1) is 11.2. The summed E-state index contributed by atoms with van der Waals surface area (Å²) in [5.41, 5.74) is 4.32. The third-order valence-electron chi connectivity index (χ3n) is 3.39. The molecule has 1 aromatic rings. The van der Waals surface area contributed by atoms with Crippen molar-refractivity contribution in [1.82, 2.24) is 0 Å². The minimum atomic E-state index is 0.644. The van der Waals surface area contributed by atoms with Crippen LogP contribution in [0.3, 0.4) is 0 Å². The van der Waals surface area contributed by atoms with Crippen LogP contribution in [0.4, 0.5) is 0 Å². The molecule has 0 spiro atoms. The summed E-state index contributed by atoms with van der Waals surface area (Å²) in [7, 11) is 0. The summed E-state index contributed by atoms with van der Waals surface area (Å²) in [6.07, 6.45) is 8.12. The fourth-order valence-corrected chi connectivity index (χ4v) is 2.38. The molecule has 0 fully saturated rings. The van der Waals surface area contributed by atoms with Gasteiger partial charge in [-0.1, -0.05) is 55.0 Å². The molecule has 0 bridgehead atoms. The molecule has 0 saturated carbocycles. The lowest BCUT2D eigenvalue weighted by molar-refractivity contribution is 0.546. The van der Waals surface area contributed by atoms with Crippen molar-refractivity contribution in [3.63, 3.8) is 0 Å². The maximum absolute atomic E-state index is 2.36. The first-order valence-corrected chi connectivity index (χ1v) is 6.09. The van der Waals surface area contributed by atoms with Gasteiger partial charge in [-0.25, -0.2) is 0 Å². The largest absolute Gasteiger partial charge is 0.0853 e. The molecule has 0 saturated heterocycles. The summed E-state index contributed by atoms with van der Waals surface area (Å²) in [6, 6.07) is 8.77. The van der Waals surface area contributed by atoms with Crippen LogP contribution in [0.15, 0.2) is 42.0 Å². The molecule has 0 aliphatic heterocycles. The van der Waals surface area contributed by atoms with E-state index >= 15 is 0 Å². The number of allylic oxidation sites excluding steroid dienone is 3. The van der Waals surface area contributed by atoms with Gasteiger partial charge in [-0.15, -0.1) is 0 Å². The van der Waals surface area contributed by atoms with Crippen molar-refractivity contribution in [2.75, 3.05) is 0 Å². The lowest BCUT2D eigenvalue weighted by Crippen LogP contribution is -2.12. The van der Waals surface area contributed by atoms with Crippen LogP contribution in [0.1, 0.15) is 44.2 Å². The highest BCUT2D eigenvalue weighted by atomic mass is 14.3. The van der Waals surface area contributed by atoms with Crippen LogP contribution < -0.4 is 0 Å². The van der Waals surface area contributed by atoms with Crippen molar-refractivity contribution < 1.29 is 0 Å². The molecule has 0 amide bonds. The van der Waals surface area contributed by atoms with Crippen molar-refractivity contribution in [3.05, 3.63) is 53.1 Å². The van der Waals surface area contributed by atoms with E-state index in [1.54, 1.807) is 0 Å². The number of fused-ring (bicyclic) bond motifs is 1. The molecule has 0 heteroatoms. The van der Waals surface area contributed by atoms with E-state index in [-0.39, 0.29) is 0 Å². The molecule has 1 aromatic carbocycles. The summed E-state index contributed by atoms with van der Waals surface area (Å²) in [4.78, 5) is 0. The van der Waals surface area contributed by atoms with E-state index in [1.807, 2.05) is 0 Å². The van der Waals surface area contributed by atoms with Crippen molar-refractivity contribution in [1.29, 1.82) is 0 Å². The first-order valence-electron chi connectivity index (χ1n) is 6.09. The van der Waals surface area contributed by atoms with Crippen molar-refractivity contribution in [3.8, 4) is 0 Å². The zero-order valence-electron chi connectivity index (χ0n) is 10.4. The molecular formula is C16H20. The van der Waals surface area contributed by atoms with Crippen LogP contribution in [-0.2, 0) is 0 Å². The molecule has 0 aromatic heterocycles. The quantitative estimate of drug-likeness (QED) is 0.618. The fraction of sp³-hybridized carbons (Fsp3) is 0.375. The fourth-order valence-electron chi connectivity index (χ4n) is 2.38. The second-order valence-corrected chi connectivity index (χ2v) is 4.97. The summed E-state index contributed by atoms with van der Waals surface area (Å²) >= 11 is 0. The molecule has 16 heavy (non-hydrogen) atoms. The average Bonchev–Trinajstić information content (AvgIpc) is 2.27. The normalized spacial score (nSPS) is 22.7. The Morgan fingerprint density at radius 2 is 2.00 bits per heavy atom. The summed E-state index contributed by atoms with van der Waals surface area (Å²) in [5, 5.41) is 0. The molecule has 84 valence electrons. The Labute approximate surface area is 98.7 Å². The van der Waals surface area contributed by atoms with Gasteiger partial charge in [0.2, 0.25) is 0 Å². The van der Waals surface area contributed by atoms with Crippen LogP contribution in [0.5, 0.6) is 0 Å². The highest BCUT2D eigenvalue weighted by molar-refractivity contribution is 5.58. The minimum absolute atomic E-state index is 0.644. The maximum Gasteiger partial charge on any atom is -0.00610 e. The highest BCUT2D eigenvalue weighted by Gasteiger charge is 2.21. The summed E-state index contributed by atoms with van der Waals surface area (Å²) < 4.78 is 0. The number of hydrogen-bond donors (Lipinski definition) is 0. The Kier molecular flexibility index (Phi) is 3.28. The van der Waals surface area contributed by atoms with Crippen LogP contribution in [0.2, 0.25) is 0 Å². The van der Waals surface area contributed by atoms with Crippen molar-refractivity contribution in [2.45, 2.75) is 33.1 Å². The first-order chi connectivity index (χ1) is 7.68. The van der Waals surface area contributed by atoms with Gasteiger partial charge in [-0.3, -0.25) is 0 Å². The Morgan fingerprint density at radius 1 is 1.25 bits per heavy atom. The van der Waals surface area contributed by atoms with Gasteiger partial charge in [0.1, 0.15) is 0 Å². The van der Waals surface area contributed by atoms with E-state index < -0.39 is 0 Å². The van der Waals surface area contributed by atoms with Gasteiger partial charge < -0.3 is 0 Å². The van der Waals surface area contributed by atoms with E-state index in [4.69, 9.17) is 0 Å². The molecular weight excluding hydrogens is 192 g/mol. The summed E-state index contributed by atoms with van der Waals surface area (Å²) in [5.74, 6) is 1.29. The van der Waals surface area contributed by atoms with E-state index in [1.165, 1.54) is 16.7 Å². The minimum Gasteiger partial charge on any atom is -0.0853 e. The second kappa shape index (κ2) is 4.69. The Hall–Kier alpha value is -1.30. The standard InChI is InChI=1S/C16H20/c1-12(2)8-11-15-13(3)9-10-14-6-4-5-7-16(14)15/h4-10,13,15H,11H2,1-3H3. The Morgan fingerprint density at radius 3 is 2.75 bits per heavy atom. The molecule has 0 nitrogen and oxygen atoms in total. The maximum atomic E-state index is 2.36. The molecule has 0 heterocycles. The SMILES string of the molecule is CC(C)=CCC1c2ccccc2C=CC1C. The van der Waals surface area contributed by atoms with Gasteiger partial charge in [0.05, 0.1) is 0 Å². The van der Waals surface area contributed by atoms with Gasteiger partial charge in [0, 0.05) is 0 Å². The molecule has 1 aliphatic rings. The van der Waals surface area contributed by atoms with Crippen LogP contribution in [-0.4, -0.2) is 0 Å². The number of hydrogen-bond acceptors (Lipinski definition) is 0. The van der Waals surface area contributed by atoms with Gasteiger partial charge in [-0.05, 0) is 43.2 Å². The van der Waals surface area contributed by atoms with Crippen LogP contribution in [0, 0.1) is 5.92 Å². The zero-order chi connectivity index (χ0) is 11.5. The van der Waals surface area contributed by atoms with Gasteiger partial charge in [-0.2, -0.15) is 0 Å². The van der Waals surface area contributed by atoms with E-state index in [9.17, 15) is 0 Å². The lowest BCUT2D eigenvalue weighted by atomic mass is 9.78.